The van der Waals surface area contributed by atoms with Crippen molar-refractivity contribution in [2.45, 2.75) is 20.3 Å². The topological polar surface area (TPSA) is 55.6 Å². The maximum atomic E-state index is 12.2. The highest BCUT2D eigenvalue weighted by molar-refractivity contribution is 5.82. The van der Waals surface area contributed by atoms with Crippen molar-refractivity contribution in [2.75, 3.05) is 27.2 Å². The number of benzene rings is 1. The summed E-state index contributed by atoms with van der Waals surface area (Å²) in [6, 6.07) is 7.87. The number of rotatable bonds is 6. The number of para-hydroxylation sites is 1. The van der Waals surface area contributed by atoms with Crippen LogP contribution >= 0.6 is 0 Å². The Kier molecular flexibility index (Phi) is 5.36. The summed E-state index contributed by atoms with van der Waals surface area (Å²) < 4.78 is 5.30. The molecule has 0 aliphatic carbocycles. The van der Waals surface area contributed by atoms with Crippen LogP contribution in [0.5, 0.6) is 5.75 Å². The minimum Gasteiger partial charge on any atom is -0.496 e. The Morgan fingerprint density at radius 2 is 2.00 bits per heavy atom. The Hall–Kier alpha value is -1.55. The number of nitrogens with zero attached hydrogens (tertiary/aromatic N) is 1. The predicted molar refractivity (Wildman–Crippen MR) is 77.2 cm³/mol. The Labute approximate surface area is 115 Å². The van der Waals surface area contributed by atoms with E-state index in [-0.39, 0.29) is 5.91 Å². The van der Waals surface area contributed by atoms with Crippen molar-refractivity contribution in [3.05, 3.63) is 29.8 Å². The van der Waals surface area contributed by atoms with Crippen LogP contribution in [0.3, 0.4) is 0 Å². The SMILES string of the molecule is COc1ccccc1CCN(C)C(=O)C(C)(C)CN. The molecule has 4 heteroatoms. The number of carbonyl (C=O) groups excluding carboxylic acids is 1. The first-order chi connectivity index (χ1) is 8.92. The molecule has 0 fully saturated rings. The fourth-order valence-electron chi connectivity index (χ4n) is 1.90. The number of likely N-dealkylation sites (N-methyl/N-ethyl adjacent to an activating group) is 1. The van der Waals surface area contributed by atoms with Crippen LogP contribution in [0, 0.1) is 5.41 Å². The van der Waals surface area contributed by atoms with Gasteiger partial charge in [-0.25, -0.2) is 0 Å². The number of hydrogen-bond acceptors (Lipinski definition) is 3. The molecule has 1 amide bonds. The lowest BCUT2D eigenvalue weighted by atomic mass is 9.92. The zero-order valence-electron chi connectivity index (χ0n) is 12.3. The van der Waals surface area contributed by atoms with E-state index in [0.29, 0.717) is 13.1 Å². The van der Waals surface area contributed by atoms with E-state index in [1.54, 1.807) is 12.0 Å². The minimum atomic E-state index is -0.504. The third-order valence-electron chi connectivity index (χ3n) is 3.35. The van der Waals surface area contributed by atoms with Crippen LogP contribution in [0.1, 0.15) is 19.4 Å². The smallest absolute Gasteiger partial charge is 0.229 e. The second-order valence-electron chi connectivity index (χ2n) is 5.38. The maximum absolute atomic E-state index is 12.2. The van der Waals surface area contributed by atoms with E-state index >= 15 is 0 Å². The molecule has 0 unspecified atom stereocenters. The van der Waals surface area contributed by atoms with Crippen molar-refractivity contribution in [1.82, 2.24) is 4.90 Å². The third kappa shape index (κ3) is 3.96. The summed E-state index contributed by atoms with van der Waals surface area (Å²) in [5, 5.41) is 0. The first kappa shape index (κ1) is 15.5. The van der Waals surface area contributed by atoms with Gasteiger partial charge in [0.2, 0.25) is 5.91 Å². The van der Waals surface area contributed by atoms with Crippen LogP contribution in [-0.4, -0.2) is 38.1 Å². The molecule has 0 aromatic heterocycles. The zero-order valence-corrected chi connectivity index (χ0v) is 12.3. The summed E-state index contributed by atoms with van der Waals surface area (Å²) in [6.45, 7) is 4.75. The highest BCUT2D eigenvalue weighted by Crippen LogP contribution is 2.20. The Balaban J connectivity index is 2.64. The average molecular weight is 264 g/mol. The summed E-state index contributed by atoms with van der Waals surface area (Å²) in [6.07, 6.45) is 0.771. The van der Waals surface area contributed by atoms with Crippen molar-refractivity contribution < 1.29 is 9.53 Å². The highest BCUT2D eigenvalue weighted by atomic mass is 16.5. The molecule has 0 spiro atoms. The normalized spacial score (nSPS) is 11.2. The van der Waals surface area contributed by atoms with E-state index in [9.17, 15) is 4.79 Å². The van der Waals surface area contributed by atoms with Gasteiger partial charge in [-0.05, 0) is 31.9 Å². The maximum Gasteiger partial charge on any atom is 0.229 e. The van der Waals surface area contributed by atoms with Gasteiger partial charge in [0, 0.05) is 20.1 Å². The molecule has 0 heterocycles. The van der Waals surface area contributed by atoms with Gasteiger partial charge < -0.3 is 15.4 Å². The van der Waals surface area contributed by atoms with Gasteiger partial charge in [-0.2, -0.15) is 0 Å². The summed E-state index contributed by atoms with van der Waals surface area (Å²) >= 11 is 0. The molecule has 0 saturated carbocycles. The van der Waals surface area contributed by atoms with E-state index in [1.165, 1.54) is 0 Å². The van der Waals surface area contributed by atoms with Crippen LogP contribution in [0.4, 0.5) is 0 Å². The Morgan fingerprint density at radius 1 is 1.37 bits per heavy atom. The van der Waals surface area contributed by atoms with Crippen molar-refractivity contribution >= 4 is 5.91 Å². The van der Waals surface area contributed by atoms with Gasteiger partial charge in [-0.1, -0.05) is 18.2 Å². The molecule has 106 valence electrons. The number of carbonyl (C=O) groups is 1. The first-order valence-electron chi connectivity index (χ1n) is 6.50. The van der Waals surface area contributed by atoms with E-state index in [1.807, 2.05) is 45.2 Å². The molecule has 19 heavy (non-hydrogen) atoms. The Bertz CT molecular complexity index is 430. The summed E-state index contributed by atoms with van der Waals surface area (Å²) in [5.41, 5.74) is 6.23. The molecule has 1 rings (SSSR count). The molecule has 1 aromatic rings. The summed E-state index contributed by atoms with van der Waals surface area (Å²) in [4.78, 5) is 13.9. The van der Waals surface area contributed by atoms with Crippen LogP contribution in [-0.2, 0) is 11.2 Å². The molecule has 0 aliphatic rings. The molecule has 0 aliphatic heterocycles. The third-order valence-corrected chi connectivity index (χ3v) is 3.35. The van der Waals surface area contributed by atoms with E-state index in [4.69, 9.17) is 10.5 Å². The molecule has 2 N–H and O–H groups in total. The van der Waals surface area contributed by atoms with Gasteiger partial charge in [-0.3, -0.25) is 4.79 Å². The number of amides is 1. The number of ether oxygens (including phenoxy) is 1. The van der Waals surface area contributed by atoms with Crippen LogP contribution < -0.4 is 10.5 Å². The highest BCUT2D eigenvalue weighted by Gasteiger charge is 2.28. The lowest BCUT2D eigenvalue weighted by molar-refractivity contribution is -0.138. The monoisotopic (exact) mass is 264 g/mol. The zero-order chi connectivity index (χ0) is 14.5. The standard InChI is InChI=1S/C15H24N2O2/c1-15(2,11-16)14(18)17(3)10-9-12-7-5-6-8-13(12)19-4/h5-8H,9-11,16H2,1-4H3. The molecule has 4 nitrogen and oxygen atoms in total. The van der Waals surface area contributed by atoms with Crippen molar-refractivity contribution in [1.29, 1.82) is 0 Å². The molecule has 0 bridgehead atoms. The van der Waals surface area contributed by atoms with Crippen LogP contribution in [0.15, 0.2) is 24.3 Å². The van der Waals surface area contributed by atoms with Gasteiger partial charge in [0.15, 0.2) is 0 Å². The molecule has 0 saturated heterocycles. The lowest BCUT2D eigenvalue weighted by Crippen LogP contribution is -2.43. The van der Waals surface area contributed by atoms with Crippen molar-refractivity contribution in [3.8, 4) is 5.75 Å². The van der Waals surface area contributed by atoms with E-state index < -0.39 is 5.41 Å². The van der Waals surface area contributed by atoms with Crippen LogP contribution in [0.2, 0.25) is 0 Å². The molecule has 0 atom stereocenters. The molecule has 0 radical (unpaired) electrons. The van der Waals surface area contributed by atoms with Gasteiger partial charge >= 0.3 is 0 Å². The van der Waals surface area contributed by atoms with E-state index in [2.05, 4.69) is 0 Å². The van der Waals surface area contributed by atoms with Gasteiger partial charge in [-0.15, -0.1) is 0 Å². The van der Waals surface area contributed by atoms with Gasteiger partial charge in [0.1, 0.15) is 5.75 Å². The van der Waals surface area contributed by atoms with Crippen molar-refractivity contribution in [2.24, 2.45) is 11.1 Å². The molecular formula is C15H24N2O2. The lowest BCUT2D eigenvalue weighted by Gasteiger charge is -2.28. The average Bonchev–Trinajstić information content (AvgIpc) is 2.44. The second kappa shape index (κ2) is 6.57. The number of hydrogen-bond donors (Lipinski definition) is 1. The van der Waals surface area contributed by atoms with Gasteiger partial charge in [0.25, 0.3) is 0 Å². The first-order valence-corrected chi connectivity index (χ1v) is 6.50. The van der Waals surface area contributed by atoms with Gasteiger partial charge in [0.05, 0.1) is 12.5 Å². The summed E-state index contributed by atoms with van der Waals surface area (Å²) in [7, 11) is 3.47. The minimum absolute atomic E-state index is 0.0740. The largest absolute Gasteiger partial charge is 0.496 e. The fourth-order valence-corrected chi connectivity index (χ4v) is 1.90. The second-order valence-corrected chi connectivity index (χ2v) is 5.38. The number of nitrogens with two attached hydrogens (primary N) is 1. The van der Waals surface area contributed by atoms with Crippen LogP contribution in [0.25, 0.3) is 0 Å². The molecule has 1 aromatic carbocycles. The number of methoxy groups -OCH3 is 1. The quantitative estimate of drug-likeness (QED) is 0.850. The van der Waals surface area contributed by atoms with E-state index in [0.717, 1.165) is 17.7 Å². The molecular weight excluding hydrogens is 240 g/mol. The Morgan fingerprint density at radius 3 is 2.58 bits per heavy atom. The van der Waals surface area contributed by atoms with Crippen molar-refractivity contribution in [3.63, 3.8) is 0 Å². The predicted octanol–water partition coefficient (Wildman–Crippen LogP) is 1.68. The summed E-state index contributed by atoms with van der Waals surface area (Å²) in [5.74, 6) is 0.936. The fraction of sp³-hybridized carbons (Fsp3) is 0.533.